The van der Waals surface area contributed by atoms with Crippen molar-refractivity contribution in [3.05, 3.63) is 0 Å². The first-order valence-electron chi connectivity index (χ1n) is 3.86. The Kier molecular flexibility index (Phi) is 2.85. The Hall–Kier alpha value is 0.0969. The molecular formula is C6H16N2OSi. The number of nitrogens with two attached hydrogens (primary N) is 1. The molecule has 1 aliphatic rings. The van der Waals surface area contributed by atoms with Crippen LogP contribution in [0.1, 0.15) is 19.3 Å². The molecule has 1 fully saturated rings. The lowest BCUT2D eigenvalue weighted by molar-refractivity contribution is -0.0392. The highest BCUT2D eigenvalue weighted by Gasteiger charge is 2.25. The maximum Gasteiger partial charge on any atom is 0.0956 e. The Morgan fingerprint density at radius 2 is 2.40 bits per heavy atom. The number of hydrogen-bond acceptors (Lipinski definition) is 3. The molecule has 1 unspecified atom stereocenters. The topological polar surface area (TPSA) is 47.3 Å². The lowest BCUT2D eigenvalue weighted by atomic mass is 10.2. The van der Waals surface area contributed by atoms with Crippen LogP contribution in [0.2, 0.25) is 0 Å². The molecule has 0 amide bonds. The summed E-state index contributed by atoms with van der Waals surface area (Å²) in [5.41, 5.74) is 5.38. The Morgan fingerprint density at radius 1 is 1.60 bits per heavy atom. The molecule has 0 saturated carbocycles. The molecule has 0 aliphatic carbocycles. The summed E-state index contributed by atoms with van der Waals surface area (Å²) >= 11 is 0. The molecule has 1 heterocycles. The van der Waals surface area contributed by atoms with Crippen molar-refractivity contribution in [2.75, 3.05) is 13.3 Å². The zero-order chi connectivity index (χ0) is 7.45. The fraction of sp³-hybridized carbons (Fsp3) is 1.00. The van der Waals surface area contributed by atoms with E-state index in [9.17, 15) is 0 Å². The van der Waals surface area contributed by atoms with Gasteiger partial charge in [0.15, 0.2) is 0 Å². The molecule has 0 aromatic carbocycles. The van der Waals surface area contributed by atoms with E-state index in [0.29, 0.717) is 6.67 Å². The third kappa shape index (κ3) is 2.05. The molecule has 4 heteroatoms. The van der Waals surface area contributed by atoms with Gasteiger partial charge in [-0.15, -0.1) is 0 Å². The van der Waals surface area contributed by atoms with Gasteiger partial charge in [0, 0.05) is 13.3 Å². The predicted molar refractivity (Wildman–Crippen MR) is 44.7 cm³/mol. The first-order chi connectivity index (χ1) is 4.77. The molecular weight excluding hydrogens is 144 g/mol. The van der Waals surface area contributed by atoms with Crippen LogP contribution >= 0.6 is 0 Å². The second-order valence-electron chi connectivity index (χ2n) is 2.92. The van der Waals surface area contributed by atoms with Crippen LogP contribution in [-0.4, -0.2) is 28.9 Å². The van der Waals surface area contributed by atoms with Gasteiger partial charge in [-0.05, 0) is 19.3 Å². The van der Waals surface area contributed by atoms with Gasteiger partial charge >= 0.3 is 0 Å². The van der Waals surface area contributed by atoms with Crippen molar-refractivity contribution in [3.63, 3.8) is 0 Å². The molecule has 10 heavy (non-hydrogen) atoms. The molecule has 0 bridgehead atoms. The first-order valence-corrected chi connectivity index (χ1v) is 4.86. The highest BCUT2D eigenvalue weighted by atomic mass is 28.1. The predicted octanol–water partition coefficient (Wildman–Crippen LogP) is -1.29. The number of ether oxygens (including phenoxy) is 1. The summed E-state index contributed by atoms with van der Waals surface area (Å²) in [6, 6.07) is 0. The molecule has 3 nitrogen and oxygen atoms in total. The maximum atomic E-state index is 5.58. The minimum absolute atomic E-state index is 0.00694. The summed E-state index contributed by atoms with van der Waals surface area (Å²) in [5.74, 6) is 0. The number of hydrogen-bond donors (Lipinski definition) is 2. The van der Waals surface area contributed by atoms with Crippen molar-refractivity contribution >= 4 is 10.2 Å². The third-order valence-electron chi connectivity index (χ3n) is 1.94. The van der Waals surface area contributed by atoms with Gasteiger partial charge in [-0.1, -0.05) is 0 Å². The van der Waals surface area contributed by atoms with Gasteiger partial charge in [-0.2, -0.15) is 0 Å². The van der Waals surface area contributed by atoms with Crippen LogP contribution < -0.4 is 11.1 Å². The van der Waals surface area contributed by atoms with Crippen molar-refractivity contribution in [2.45, 2.75) is 24.6 Å². The summed E-state index contributed by atoms with van der Waals surface area (Å²) in [6.07, 6.45) is 3.61. The van der Waals surface area contributed by atoms with Crippen molar-refractivity contribution in [2.24, 2.45) is 5.73 Å². The van der Waals surface area contributed by atoms with E-state index in [2.05, 4.69) is 5.32 Å². The van der Waals surface area contributed by atoms with Crippen molar-refractivity contribution in [1.82, 2.24) is 5.32 Å². The lowest BCUT2D eigenvalue weighted by Crippen LogP contribution is -2.52. The average molecular weight is 160 g/mol. The van der Waals surface area contributed by atoms with Crippen molar-refractivity contribution in [1.29, 1.82) is 0 Å². The van der Waals surface area contributed by atoms with Gasteiger partial charge in [0.25, 0.3) is 0 Å². The fourth-order valence-electron chi connectivity index (χ4n) is 1.29. The molecule has 60 valence electrons. The van der Waals surface area contributed by atoms with Gasteiger partial charge in [0.1, 0.15) is 0 Å². The summed E-state index contributed by atoms with van der Waals surface area (Å²) in [4.78, 5) is 0. The van der Waals surface area contributed by atoms with E-state index >= 15 is 0 Å². The maximum absolute atomic E-state index is 5.58. The Labute approximate surface area is 64.7 Å². The highest BCUT2D eigenvalue weighted by Crippen LogP contribution is 2.17. The Morgan fingerprint density at radius 3 is 2.90 bits per heavy atom. The van der Waals surface area contributed by atoms with E-state index in [1.54, 1.807) is 0 Å². The second kappa shape index (κ2) is 3.48. The number of rotatable bonds is 2. The van der Waals surface area contributed by atoms with E-state index < -0.39 is 0 Å². The van der Waals surface area contributed by atoms with Crippen molar-refractivity contribution < 1.29 is 4.74 Å². The van der Waals surface area contributed by atoms with Crippen molar-refractivity contribution in [3.8, 4) is 0 Å². The Balaban J connectivity index is 2.32. The largest absolute Gasteiger partial charge is 0.365 e. The highest BCUT2D eigenvalue weighted by molar-refractivity contribution is 6.14. The third-order valence-corrected chi connectivity index (χ3v) is 3.09. The molecule has 0 aromatic rings. The molecule has 1 saturated heterocycles. The van der Waals surface area contributed by atoms with E-state index in [-0.39, 0.29) is 5.35 Å². The van der Waals surface area contributed by atoms with Crippen LogP contribution in [0.25, 0.3) is 0 Å². The van der Waals surface area contributed by atoms with Crippen LogP contribution in [0.4, 0.5) is 0 Å². The Bertz CT molecular complexity index is 98.4. The van der Waals surface area contributed by atoms with Crippen LogP contribution in [-0.2, 0) is 4.74 Å². The fourth-order valence-corrected chi connectivity index (χ4v) is 2.05. The van der Waals surface area contributed by atoms with Gasteiger partial charge in [-0.25, -0.2) is 0 Å². The van der Waals surface area contributed by atoms with Gasteiger partial charge in [0.2, 0.25) is 0 Å². The quantitative estimate of drug-likeness (QED) is 0.390. The minimum Gasteiger partial charge on any atom is -0.365 e. The summed E-state index contributed by atoms with van der Waals surface area (Å²) < 4.78 is 5.58. The van der Waals surface area contributed by atoms with Crippen LogP contribution in [0, 0.1) is 0 Å². The van der Waals surface area contributed by atoms with E-state index in [1.165, 1.54) is 12.8 Å². The molecule has 3 N–H and O–H groups in total. The van der Waals surface area contributed by atoms with E-state index in [0.717, 1.165) is 23.3 Å². The minimum atomic E-state index is -0.00694. The smallest absolute Gasteiger partial charge is 0.0956 e. The molecule has 1 rings (SSSR count). The van der Waals surface area contributed by atoms with E-state index in [1.807, 2.05) is 0 Å². The summed E-state index contributed by atoms with van der Waals surface area (Å²) in [5, 5.41) is 3.17. The van der Waals surface area contributed by atoms with Gasteiger partial charge in [-0.3, -0.25) is 5.32 Å². The zero-order valence-corrected chi connectivity index (χ0v) is 8.52. The molecule has 0 aromatic heterocycles. The van der Waals surface area contributed by atoms with Crippen LogP contribution in [0.15, 0.2) is 0 Å². The standard InChI is InChI=1S/C6H16N2OSi/c7-5-8-6(10)3-1-2-4-9-6/h8H,1-5,7H2,10H3. The number of nitrogens with one attached hydrogen (secondary N) is 1. The molecule has 0 radical (unpaired) electrons. The lowest BCUT2D eigenvalue weighted by Gasteiger charge is -2.34. The molecule has 1 aliphatic heterocycles. The van der Waals surface area contributed by atoms with Gasteiger partial charge < -0.3 is 10.5 Å². The van der Waals surface area contributed by atoms with Crippen LogP contribution in [0.3, 0.4) is 0 Å². The average Bonchev–Trinajstić information content (AvgIpc) is 1.89. The second-order valence-corrected chi connectivity index (χ2v) is 4.53. The zero-order valence-electron chi connectivity index (χ0n) is 6.52. The van der Waals surface area contributed by atoms with E-state index in [4.69, 9.17) is 10.5 Å². The van der Waals surface area contributed by atoms with Crippen LogP contribution in [0.5, 0.6) is 0 Å². The monoisotopic (exact) mass is 160 g/mol. The SMILES string of the molecule is NCNC1([SiH3])CCCCO1. The molecule has 1 atom stereocenters. The van der Waals surface area contributed by atoms with Gasteiger partial charge in [0.05, 0.1) is 15.6 Å². The first kappa shape index (κ1) is 8.20. The molecule has 0 spiro atoms. The summed E-state index contributed by atoms with van der Waals surface area (Å²) in [6.45, 7) is 1.43. The normalized spacial score (nSPS) is 34.5. The summed E-state index contributed by atoms with van der Waals surface area (Å²) in [7, 11) is 1.03.